The summed E-state index contributed by atoms with van der Waals surface area (Å²) in [6, 6.07) is 23.3. The highest BCUT2D eigenvalue weighted by molar-refractivity contribution is 6.01. The molecule has 0 saturated carbocycles. The van der Waals surface area contributed by atoms with Gasteiger partial charge < -0.3 is 5.32 Å². The Morgan fingerprint density at radius 3 is 2.46 bits per heavy atom. The number of benzene rings is 3. The van der Waals surface area contributed by atoms with Crippen molar-refractivity contribution in [2.24, 2.45) is 5.92 Å². The smallest absolute Gasteiger partial charge is 0.251 e. The summed E-state index contributed by atoms with van der Waals surface area (Å²) in [6.45, 7) is 3.79. The Hall–Kier alpha value is -2.65. The molecule has 0 bridgehead atoms. The van der Waals surface area contributed by atoms with Crippen LogP contribution in [0, 0.1) is 5.92 Å². The first-order valence-corrected chi connectivity index (χ1v) is 9.35. The molecule has 0 spiro atoms. The number of likely N-dealkylation sites (tertiary alicyclic amines) is 1. The lowest BCUT2D eigenvalue weighted by molar-refractivity contribution is 0.0951. The van der Waals surface area contributed by atoms with E-state index in [1.54, 1.807) is 0 Å². The van der Waals surface area contributed by atoms with E-state index in [4.69, 9.17) is 0 Å². The molecule has 0 radical (unpaired) electrons. The van der Waals surface area contributed by atoms with Gasteiger partial charge in [-0.05, 0) is 33.9 Å². The molecule has 26 heavy (non-hydrogen) atoms. The molecule has 130 valence electrons. The SMILES string of the molecule is O=C1NC[C@H]2CN(Cc3ccccc3)C[C@@H]2c2cc3ccccc3cc21. The molecule has 1 amide bonds. The van der Waals surface area contributed by atoms with Crippen LogP contribution < -0.4 is 5.32 Å². The van der Waals surface area contributed by atoms with E-state index in [2.05, 4.69) is 70.9 Å². The van der Waals surface area contributed by atoms with Gasteiger partial charge in [0.25, 0.3) is 5.91 Å². The van der Waals surface area contributed by atoms with Gasteiger partial charge in [-0.25, -0.2) is 0 Å². The van der Waals surface area contributed by atoms with E-state index < -0.39 is 0 Å². The number of amides is 1. The zero-order valence-corrected chi connectivity index (χ0v) is 14.7. The van der Waals surface area contributed by atoms with E-state index in [-0.39, 0.29) is 5.91 Å². The van der Waals surface area contributed by atoms with Crippen LogP contribution in [0.1, 0.15) is 27.4 Å². The van der Waals surface area contributed by atoms with E-state index in [1.165, 1.54) is 16.5 Å². The first kappa shape index (κ1) is 15.6. The lowest BCUT2D eigenvalue weighted by atomic mass is 9.86. The van der Waals surface area contributed by atoms with Crippen molar-refractivity contribution in [2.75, 3.05) is 19.6 Å². The fourth-order valence-corrected chi connectivity index (χ4v) is 4.57. The summed E-state index contributed by atoms with van der Waals surface area (Å²) in [5.41, 5.74) is 3.43. The molecule has 2 atom stereocenters. The van der Waals surface area contributed by atoms with Crippen LogP contribution in [0.2, 0.25) is 0 Å². The molecule has 0 aliphatic carbocycles. The largest absolute Gasteiger partial charge is 0.352 e. The second kappa shape index (κ2) is 6.26. The van der Waals surface area contributed by atoms with Crippen LogP contribution in [-0.2, 0) is 6.54 Å². The van der Waals surface area contributed by atoms with Crippen molar-refractivity contribution in [2.45, 2.75) is 12.5 Å². The number of nitrogens with one attached hydrogen (secondary N) is 1. The maximum Gasteiger partial charge on any atom is 0.251 e. The van der Waals surface area contributed by atoms with Crippen molar-refractivity contribution in [1.82, 2.24) is 10.2 Å². The van der Waals surface area contributed by atoms with Crippen molar-refractivity contribution in [3.8, 4) is 0 Å². The van der Waals surface area contributed by atoms with E-state index in [1.807, 2.05) is 6.07 Å². The third-order valence-corrected chi connectivity index (χ3v) is 5.85. The number of fused-ring (bicyclic) bond motifs is 4. The fourth-order valence-electron chi connectivity index (χ4n) is 4.57. The summed E-state index contributed by atoms with van der Waals surface area (Å²) in [4.78, 5) is 15.2. The molecule has 5 rings (SSSR count). The van der Waals surface area contributed by atoms with Crippen LogP contribution in [0.15, 0.2) is 66.7 Å². The summed E-state index contributed by atoms with van der Waals surface area (Å²) in [5, 5.41) is 5.52. The van der Waals surface area contributed by atoms with E-state index in [9.17, 15) is 4.79 Å². The molecule has 3 heteroatoms. The zero-order valence-electron chi connectivity index (χ0n) is 14.7. The van der Waals surface area contributed by atoms with Gasteiger partial charge in [0.15, 0.2) is 0 Å². The highest BCUT2D eigenvalue weighted by Crippen LogP contribution is 2.38. The average molecular weight is 342 g/mol. The molecule has 2 aliphatic heterocycles. The Morgan fingerprint density at radius 2 is 1.65 bits per heavy atom. The summed E-state index contributed by atoms with van der Waals surface area (Å²) in [7, 11) is 0. The third kappa shape index (κ3) is 2.69. The molecule has 3 aromatic carbocycles. The van der Waals surface area contributed by atoms with Crippen molar-refractivity contribution in [3.05, 3.63) is 83.4 Å². The minimum absolute atomic E-state index is 0.0785. The number of rotatable bonds is 2. The van der Waals surface area contributed by atoms with Crippen LogP contribution in [0.3, 0.4) is 0 Å². The van der Waals surface area contributed by atoms with Gasteiger partial charge in [0.2, 0.25) is 0 Å². The molecule has 1 fully saturated rings. The van der Waals surface area contributed by atoms with Crippen LogP contribution in [-0.4, -0.2) is 30.4 Å². The van der Waals surface area contributed by atoms with Crippen LogP contribution in [0.4, 0.5) is 0 Å². The number of carbonyl (C=O) groups excluding carboxylic acids is 1. The Labute approximate surface area is 153 Å². The van der Waals surface area contributed by atoms with Gasteiger partial charge in [-0.3, -0.25) is 9.69 Å². The molecule has 0 unspecified atom stereocenters. The van der Waals surface area contributed by atoms with Crippen LogP contribution in [0.5, 0.6) is 0 Å². The van der Waals surface area contributed by atoms with Gasteiger partial charge in [-0.15, -0.1) is 0 Å². The van der Waals surface area contributed by atoms with E-state index >= 15 is 0 Å². The van der Waals surface area contributed by atoms with Gasteiger partial charge in [0.05, 0.1) is 0 Å². The molecule has 3 aromatic rings. The van der Waals surface area contributed by atoms with Crippen molar-refractivity contribution >= 4 is 16.7 Å². The first-order chi connectivity index (χ1) is 12.8. The van der Waals surface area contributed by atoms with Crippen molar-refractivity contribution in [3.63, 3.8) is 0 Å². The minimum Gasteiger partial charge on any atom is -0.352 e. The molecule has 0 aromatic heterocycles. The second-order valence-electron chi connectivity index (χ2n) is 7.54. The summed E-state index contributed by atoms with van der Waals surface area (Å²) in [5.74, 6) is 0.970. The van der Waals surface area contributed by atoms with Crippen molar-refractivity contribution in [1.29, 1.82) is 0 Å². The molecular formula is C23H22N2O. The topological polar surface area (TPSA) is 32.3 Å². The molecule has 2 aliphatic rings. The number of nitrogens with zero attached hydrogens (tertiary/aromatic N) is 1. The second-order valence-corrected chi connectivity index (χ2v) is 7.54. The summed E-state index contributed by atoms with van der Waals surface area (Å²) >= 11 is 0. The van der Waals surface area contributed by atoms with Crippen LogP contribution >= 0.6 is 0 Å². The predicted molar refractivity (Wildman–Crippen MR) is 104 cm³/mol. The van der Waals surface area contributed by atoms with Gasteiger partial charge in [0, 0.05) is 37.7 Å². The first-order valence-electron chi connectivity index (χ1n) is 9.35. The quantitative estimate of drug-likeness (QED) is 0.768. The van der Waals surface area contributed by atoms with E-state index in [0.29, 0.717) is 11.8 Å². The molecular weight excluding hydrogens is 320 g/mol. The number of carbonyl (C=O) groups is 1. The van der Waals surface area contributed by atoms with E-state index in [0.717, 1.165) is 37.1 Å². The lowest BCUT2D eigenvalue weighted by Crippen LogP contribution is -2.29. The van der Waals surface area contributed by atoms with Gasteiger partial charge in [-0.2, -0.15) is 0 Å². The van der Waals surface area contributed by atoms with Gasteiger partial charge in [0.1, 0.15) is 0 Å². The highest BCUT2D eigenvalue weighted by atomic mass is 16.1. The summed E-state index contributed by atoms with van der Waals surface area (Å²) < 4.78 is 0. The molecule has 3 nitrogen and oxygen atoms in total. The zero-order chi connectivity index (χ0) is 17.5. The molecule has 1 saturated heterocycles. The predicted octanol–water partition coefficient (Wildman–Crippen LogP) is 3.80. The number of hydrogen-bond acceptors (Lipinski definition) is 2. The summed E-state index contributed by atoms with van der Waals surface area (Å²) in [6.07, 6.45) is 0. The third-order valence-electron chi connectivity index (χ3n) is 5.85. The number of hydrogen-bond donors (Lipinski definition) is 1. The maximum absolute atomic E-state index is 12.6. The molecule has 2 heterocycles. The van der Waals surface area contributed by atoms with Gasteiger partial charge >= 0.3 is 0 Å². The maximum atomic E-state index is 12.6. The standard InChI is InChI=1S/C23H22N2O/c26-23-21-11-18-9-5-4-8-17(18)10-20(21)22-15-25(14-19(22)12-24-23)13-16-6-2-1-3-7-16/h1-11,19,22H,12-15H2,(H,24,26)/t19-,22-/m0/s1. The Morgan fingerprint density at radius 1 is 0.923 bits per heavy atom. The van der Waals surface area contributed by atoms with Crippen LogP contribution in [0.25, 0.3) is 10.8 Å². The Kier molecular flexibility index (Phi) is 3.75. The van der Waals surface area contributed by atoms with Crippen molar-refractivity contribution < 1.29 is 4.79 Å². The minimum atomic E-state index is 0.0785. The van der Waals surface area contributed by atoms with Gasteiger partial charge in [-0.1, -0.05) is 60.7 Å². The fraction of sp³-hybridized carbons (Fsp3) is 0.261. The normalized spacial score (nSPS) is 22.5. The highest BCUT2D eigenvalue weighted by Gasteiger charge is 2.38. The lowest BCUT2D eigenvalue weighted by Gasteiger charge is -2.18. The molecule has 1 N–H and O–H groups in total. The monoisotopic (exact) mass is 342 g/mol. The Bertz CT molecular complexity index is 966. The Balaban J connectivity index is 1.51. The average Bonchev–Trinajstić information content (AvgIpc) is 3.03.